The molecule has 2 aromatic rings. The number of fused-ring (bicyclic) bond motifs is 1. The second-order valence-electron chi connectivity index (χ2n) is 5.17. The molecule has 1 aromatic carbocycles. The highest BCUT2D eigenvalue weighted by Crippen LogP contribution is 2.32. The number of nitrogens with one attached hydrogen (secondary N) is 1. The number of nitrogens with zero attached hydrogens (tertiary/aromatic N) is 2. The van der Waals surface area contributed by atoms with Gasteiger partial charge >= 0.3 is 6.01 Å². The molecule has 0 atom stereocenters. The quantitative estimate of drug-likeness (QED) is 0.762. The maximum Gasteiger partial charge on any atom is 0.319 e. The minimum absolute atomic E-state index is 0.199. The molecule has 0 aliphatic carbocycles. The highest BCUT2D eigenvalue weighted by molar-refractivity contribution is 6.02. The van der Waals surface area contributed by atoms with E-state index < -0.39 is 0 Å². The van der Waals surface area contributed by atoms with E-state index in [4.69, 9.17) is 18.9 Å². The molecule has 8 heteroatoms. The molecule has 0 fully saturated rings. The molecule has 1 N–H and O–H groups in total. The van der Waals surface area contributed by atoms with Gasteiger partial charge in [0.25, 0.3) is 0 Å². The maximum absolute atomic E-state index is 12.2. The molecule has 136 valence electrons. The Bertz CT molecular complexity index is 822. The van der Waals surface area contributed by atoms with E-state index in [1.54, 1.807) is 18.2 Å². The van der Waals surface area contributed by atoms with Crippen molar-refractivity contribution in [2.45, 2.75) is 13.8 Å². The summed E-state index contributed by atoms with van der Waals surface area (Å²) in [6, 6.07) is 5.64. The molecular weight excluding hydrogens is 338 g/mol. The molecule has 0 spiro atoms. The molecule has 1 amide bonds. The first-order valence-electron chi connectivity index (χ1n) is 8.21. The van der Waals surface area contributed by atoms with Crippen LogP contribution in [0.3, 0.4) is 0 Å². The zero-order valence-electron chi connectivity index (χ0n) is 14.5. The smallest absolute Gasteiger partial charge is 0.319 e. The molecule has 26 heavy (non-hydrogen) atoms. The Hall–Kier alpha value is -3.29. The molecule has 0 bridgehead atoms. The summed E-state index contributed by atoms with van der Waals surface area (Å²) < 4.78 is 21.3. The first-order valence-corrected chi connectivity index (χ1v) is 8.21. The number of rotatable bonds is 7. The minimum atomic E-state index is -0.337. The molecule has 0 saturated carbocycles. The zero-order valence-corrected chi connectivity index (χ0v) is 14.5. The van der Waals surface area contributed by atoms with Crippen LogP contribution in [0.25, 0.3) is 6.08 Å². The molecule has 0 saturated heterocycles. The monoisotopic (exact) mass is 357 g/mol. The highest BCUT2D eigenvalue weighted by Gasteiger charge is 2.13. The van der Waals surface area contributed by atoms with Gasteiger partial charge in [0.15, 0.2) is 11.5 Å². The van der Waals surface area contributed by atoms with Gasteiger partial charge in [-0.05, 0) is 37.6 Å². The molecule has 0 radical (unpaired) electrons. The summed E-state index contributed by atoms with van der Waals surface area (Å²) in [7, 11) is 0. The van der Waals surface area contributed by atoms with Gasteiger partial charge in [-0.15, -0.1) is 0 Å². The van der Waals surface area contributed by atoms with Crippen LogP contribution in [0.5, 0.6) is 23.4 Å². The number of anilines is 1. The highest BCUT2D eigenvalue weighted by atomic mass is 16.7. The van der Waals surface area contributed by atoms with Crippen LogP contribution in [0, 0.1) is 0 Å². The predicted octanol–water partition coefficient (Wildman–Crippen LogP) is 2.65. The minimum Gasteiger partial charge on any atom is -0.476 e. The van der Waals surface area contributed by atoms with E-state index in [2.05, 4.69) is 15.3 Å². The van der Waals surface area contributed by atoms with E-state index in [9.17, 15) is 4.79 Å². The molecule has 0 unspecified atom stereocenters. The van der Waals surface area contributed by atoms with Crippen molar-refractivity contribution in [3.63, 3.8) is 0 Å². The third kappa shape index (κ3) is 4.21. The van der Waals surface area contributed by atoms with Gasteiger partial charge in [-0.25, -0.2) is 4.98 Å². The van der Waals surface area contributed by atoms with Crippen LogP contribution in [0.4, 0.5) is 5.69 Å². The van der Waals surface area contributed by atoms with Crippen LogP contribution in [-0.2, 0) is 4.79 Å². The van der Waals surface area contributed by atoms with Gasteiger partial charge in [-0.2, -0.15) is 4.98 Å². The fourth-order valence-electron chi connectivity index (χ4n) is 2.25. The Labute approximate surface area is 150 Å². The second-order valence-corrected chi connectivity index (χ2v) is 5.17. The van der Waals surface area contributed by atoms with E-state index in [0.29, 0.717) is 30.4 Å². The number of amides is 1. The average Bonchev–Trinajstić information content (AvgIpc) is 3.10. The summed E-state index contributed by atoms with van der Waals surface area (Å²) in [4.78, 5) is 20.4. The SMILES string of the molecule is CCOc1ncc(NC(=O)/C=C/c2ccc3c(c2)OCO3)c(OCC)n1. The normalized spacial score (nSPS) is 12.2. The van der Waals surface area contributed by atoms with Crippen LogP contribution in [0.2, 0.25) is 0 Å². The van der Waals surface area contributed by atoms with Gasteiger partial charge in [0, 0.05) is 6.08 Å². The lowest BCUT2D eigenvalue weighted by Gasteiger charge is -2.10. The topological polar surface area (TPSA) is 91.8 Å². The van der Waals surface area contributed by atoms with Crippen molar-refractivity contribution >= 4 is 17.7 Å². The van der Waals surface area contributed by atoms with Gasteiger partial charge in [0.05, 0.1) is 19.4 Å². The van der Waals surface area contributed by atoms with Crippen LogP contribution in [0.15, 0.2) is 30.5 Å². The summed E-state index contributed by atoms with van der Waals surface area (Å²) in [5, 5.41) is 2.70. The summed E-state index contributed by atoms with van der Waals surface area (Å²) >= 11 is 0. The van der Waals surface area contributed by atoms with Crippen LogP contribution in [0.1, 0.15) is 19.4 Å². The first-order chi connectivity index (χ1) is 12.7. The number of hydrogen-bond donors (Lipinski definition) is 1. The molecule has 8 nitrogen and oxygen atoms in total. The second kappa shape index (κ2) is 8.19. The van der Waals surface area contributed by atoms with Crippen molar-refractivity contribution in [3.8, 4) is 23.4 Å². The summed E-state index contributed by atoms with van der Waals surface area (Å²) in [6.45, 7) is 4.71. The molecular formula is C18H19N3O5. The third-order valence-corrected chi connectivity index (χ3v) is 3.37. The Morgan fingerprint density at radius 2 is 2.04 bits per heavy atom. The number of aromatic nitrogens is 2. The van der Waals surface area contributed by atoms with Crippen molar-refractivity contribution in [2.24, 2.45) is 0 Å². The lowest BCUT2D eigenvalue weighted by molar-refractivity contribution is -0.111. The molecule has 3 rings (SSSR count). The van der Waals surface area contributed by atoms with Gasteiger partial charge in [0.1, 0.15) is 5.69 Å². The van der Waals surface area contributed by atoms with E-state index >= 15 is 0 Å². The maximum atomic E-state index is 12.2. The molecule has 1 aromatic heterocycles. The lowest BCUT2D eigenvalue weighted by Crippen LogP contribution is -2.11. The Morgan fingerprint density at radius 1 is 1.23 bits per heavy atom. The zero-order chi connectivity index (χ0) is 18.4. The number of ether oxygens (including phenoxy) is 4. The Morgan fingerprint density at radius 3 is 2.85 bits per heavy atom. The van der Waals surface area contributed by atoms with Crippen molar-refractivity contribution < 1.29 is 23.7 Å². The fraction of sp³-hybridized carbons (Fsp3) is 0.278. The molecule has 2 heterocycles. The third-order valence-electron chi connectivity index (χ3n) is 3.37. The van der Waals surface area contributed by atoms with Gasteiger partial charge in [-0.3, -0.25) is 4.79 Å². The summed E-state index contributed by atoms with van der Waals surface area (Å²) in [6.07, 6.45) is 4.53. The van der Waals surface area contributed by atoms with Crippen LogP contribution < -0.4 is 24.3 Å². The number of benzene rings is 1. The molecule has 1 aliphatic rings. The van der Waals surface area contributed by atoms with Crippen LogP contribution >= 0.6 is 0 Å². The van der Waals surface area contributed by atoms with E-state index in [0.717, 1.165) is 5.56 Å². The fourth-order valence-corrected chi connectivity index (χ4v) is 2.25. The molecule has 1 aliphatic heterocycles. The van der Waals surface area contributed by atoms with Gasteiger partial charge in [-0.1, -0.05) is 6.07 Å². The Balaban J connectivity index is 1.69. The van der Waals surface area contributed by atoms with Gasteiger partial charge in [0.2, 0.25) is 18.6 Å². The van der Waals surface area contributed by atoms with E-state index in [1.165, 1.54) is 12.3 Å². The van der Waals surface area contributed by atoms with Crippen LogP contribution in [-0.4, -0.2) is 35.9 Å². The van der Waals surface area contributed by atoms with E-state index in [1.807, 2.05) is 19.9 Å². The van der Waals surface area contributed by atoms with Crippen molar-refractivity contribution in [1.82, 2.24) is 9.97 Å². The largest absolute Gasteiger partial charge is 0.476 e. The van der Waals surface area contributed by atoms with Gasteiger partial charge < -0.3 is 24.3 Å². The number of carbonyl (C=O) groups excluding carboxylic acids is 1. The summed E-state index contributed by atoms with van der Waals surface area (Å²) in [5.74, 6) is 1.28. The average molecular weight is 357 g/mol. The Kier molecular flexibility index (Phi) is 5.52. The number of carbonyl (C=O) groups is 1. The van der Waals surface area contributed by atoms with Crippen molar-refractivity contribution in [3.05, 3.63) is 36.0 Å². The standard InChI is InChI=1S/C18H19N3O5/c1-3-23-17-13(10-19-18(21-17)24-4-2)20-16(22)8-6-12-5-7-14-15(9-12)26-11-25-14/h5-10H,3-4,11H2,1-2H3,(H,20,22)/b8-6+. The number of hydrogen-bond acceptors (Lipinski definition) is 7. The van der Waals surface area contributed by atoms with E-state index in [-0.39, 0.29) is 24.6 Å². The van der Waals surface area contributed by atoms with Crippen molar-refractivity contribution in [2.75, 3.05) is 25.3 Å². The summed E-state index contributed by atoms with van der Waals surface area (Å²) in [5.41, 5.74) is 1.19. The predicted molar refractivity (Wildman–Crippen MR) is 94.6 cm³/mol. The lowest BCUT2D eigenvalue weighted by atomic mass is 10.2. The first kappa shape index (κ1) is 17.5. The van der Waals surface area contributed by atoms with Crippen molar-refractivity contribution in [1.29, 1.82) is 0 Å².